The number of carbonyl (C=O) groups is 1. The van der Waals surface area contributed by atoms with Crippen molar-refractivity contribution in [1.82, 2.24) is 5.32 Å². The zero-order valence-electron chi connectivity index (χ0n) is 9.10. The SMILES string of the molecule is CNC(=O)SC1=NS(=O)(=O)c2ccc(Cl)cc2N1. The molecule has 96 valence electrons. The number of amidine groups is 1. The van der Waals surface area contributed by atoms with E-state index >= 15 is 0 Å². The molecule has 1 aliphatic rings. The molecule has 0 saturated heterocycles. The van der Waals surface area contributed by atoms with E-state index in [1.54, 1.807) is 0 Å². The third kappa shape index (κ3) is 2.60. The molecule has 2 rings (SSSR count). The first-order valence-corrected chi connectivity index (χ1v) is 7.37. The second kappa shape index (κ2) is 4.79. The molecule has 0 bridgehead atoms. The van der Waals surface area contributed by atoms with E-state index in [0.717, 1.165) is 0 Å². The number of amides is 1. The smallest absolute Gasteiger partial charge is 0.286 e. The maximum absolute atomic E-state index is 11.8. The summed E-state index contributed by atoms with van der Waals surface area (Å²) in [5.41, 5.74) is 0.309. The summed E-state index contributed by atoms with van der Waals surface area (Å²) in [7, 11) is -2.35. The summed E-state index contributed by atoms with van der Waals surface area (Å²) in [4.78, 5) is 11.2. The lowest BCUT2D eigenvalue weighted by Crippen LogP contribution is -2.23. The highest BCUT2D eigenvalue weighted by Crippen LogP contribution is 2.31. The summed E-state index contributed by atoms with van der Waals surface area (Å²) in [5, 5.41) is 5.07. The predicted octanol–water partition coefficient (Wildman–Crippen LogP) is 1.88. The average molecular weight is 306 g/mol. The highest BCUT2D eigenvalue weighted by Gasteiger charge is 2.26. The van der Waals surface area contributed by atoms with E-state index < -0.39 is 15.3 Å². The van der Waals surface area contributed by atoms with Crippen molar-refractivity contribution in [3.05, 3.63) is 23.2 Å². The lowest BCUT2D eigenvalue weighted by atomic mass is 10.3. The molecule has 0 atom stereocenters. The monoisotopic (exact) mass is 305 g/mol. The summed E-state index contributed by atoms with van der Waals surface area (Å²) in [6.45, 7) is 0. The zero-order valence-corrected chi connectivity index (χ0v) is 11.5. The number of halogens is 1. The molecule has 9 heteroatoms. The van der Waals surface area contributed by atoms with E-state index in [0.29, 0.717) is 22.5 Å². The van der Waals surface area contributed by atoms with Crippen LogP contribution in [0.3, 0.4) is 0 Å². The normalized spacial score (nSPS) is 16.2. The molecule has 0 spiro atoms. The Morgan fingerprint density at radius 1 is 1.50 bits per heavy atom. The van der Waals surface area contributed by atoms with Gasteiger partial charge in [0, 0.05) is 23.8 Å². The molecule has 0 unspecified atom stereocenters. The molecule has 1 amide bonds. The van der Waals surface area contributed by atoms with Gasteiger partial charge in [-0.1, -0.05) is 11.6 Å². The topological polar surface area (TPSA) is 87.6 Å². The minimum Gasteiger partial charge on any atom is -0.350 e. The summed E-state index contributed by atoms with van der Waals surface area (Å²) >= 11 is 6.45. The van der Waals surface area contributed by atoms with Crippen LogP contribution in [0.1, 0.15) is 0 Å². The van der Waals surface area contributed by atoms with Gasteiger partial charge in [-0.25, -0.2) is 0 Å². The van der Waals surface area contributed by atoms with Crippen LogP contribution >= 0.6 is 23.4 Å². The second-order valence-corrected chi connectivity index (χ2v) is 6.25. The number of hydrogen-bond acceptors (Lipinski definition) is 5. The quantitative estimate of drug-likeness (QED) is 0.764. The van der Waals surface area contributed by atoms with Crippen LogP contribution in [0, 0.1) is 0 Å². The Morgan fingerprint density at radius 3 is 2.89 bits per heavy atom. The predicted molar refractivity (Wildman–Crippen MR) is 71.7 cm³/mol. The standard InChI is InChI=1S/C9H8ClN3O3S2/c1-11-9(14)17-8-12-6-4-5(10)2-3-7(6)18(15,16)13-8/h2-4H,1H3,(H,11,14)(H,12,13). The van der Waals surface area contributed by atoms with Gasteiger partial charge in [0.05, 0.1) is 5.69 Å². The van der Waals surface area contributed by atoms with Gasteiger partial charge >= 0.3 is 0 Å². The molecule has 1 aromatic rings. The van der Waals surface area contributed by atoms with Crippen LogP contribution in [-0.2, 0) is 10.0 Å². The van der Waals surface area contributed by atoms with Gasteiger partial charge in [0.1, 0.15) is 4.90 Å². The maximum atomic E-state index is 11.8. The number of nitrogens with one attached hydrogen (secondary N) is 2. The largest absolute Gasteiger partial charge is 0.350 e. The fraction of sp³-hybridized carbons (Fsp3) is 0.111. The van der Waals surface area contributed by atoms with E-state index in [-0.39, 0.29) is 10.1 Å². The lowest BCUT2D eigenvalue weighted by Gasteiger charge is -2.17. The Morgan fingerprint density at radius 2 is 2.22 bits per heavy atom. The lowest BCUT2D eigenvalue weighted by molar-refractivity contribution is 0.262. The van der Waals surface area contributed by atoms with Gasteiger partial charge in [-0.05, 0) is 18.2 Å². The Balaban J connectivity index is 2.42. The Kier molecular flexibility index (Phi) is 3.51. The van der Waals surface area contributed by atoms with Crippen LogP contribution in [-0.4, -0.2) is 25.9 Å². The molecule has 1 heterocycles. The number of nitrogens with zero attached hydrogens (tertiary/aromatic N) is 1. The van der Waals surface area contributed by atoms with E-state index in [9.17, 15) is 13.2 Å². The Labute approximate surface area is 113 Å². The van der Waals surface area contributed by atoms with Crippen molar-refractivity contribution in [3.63, 3.8) is 0 Å². The van der Waals surface area contributed by atoms with Crippen LogP contribution in [0.4, 0.5) is 10.5 Å². The van der Waals surface area contributed by atoms with E-state index in [2.05, 4.69) is 15.0 Å². The maximum Gasteiger partial charge on any atom is 0.286 e. The number of sulfonamides is 1. The number of anilines is 1. The minimum absolute atomic E-state index is 0.0101. The van der Waals surface area contributed by atoms with Crippen molar-refractivity contribution in [2.75, 3.05) is 12.4 Å². The molecule has 0 fully saturated rings. The first-order valence-electron chi connectivity index (χ1n) is 4.73. The average Bonchev–Trinajstić information content (AvgIpc) is 2.26. The van der Waals surface area contributed by atoms with E-state index in [1.807, 2.05) is 0 Å². The summed E-state index contributed by atoms with van der Waals surface area (Å²) in [6.07, 6.45) is 0. The molecule has 18 heavy (non-hydrogen) atoms. The number of carbonyl (C=O) groups excluding carboxylic acids is 1. The molecular weight excluding hydrogens is 298 g/mol. The van der Waals surface area contributed by atoms with Crippen molar-refractivity contribution in [2.45, 2.75) is 4.90 Å². The van der Waals surface area contributed by atoms with Gasteiger partial charge < -0.3 is 10.6 Å². The van der Waals surface area contributed by atoms with Gasteiger partial charge in [-0.3, -0.25) is 4.79 Å². The molecule has 0 aliphatic carbocycles. The fourth-order valence-corrected chi connectivity index (χ4v) is 3.35. The summed E-state index contributed by atoms with van der Waals surface area (Å²) < 4.78 is 27.2. The van der Waals surface area contributed by atoms with Crippen molar-refractivity contribution >= 4 is 49.5 Å². The van der Waals surface area contributed by atoms with Crippen molar-refractivity contribution < 1.29 is 13.2 Å². The fourth-order valence-electron chi connectivity index (χ4n) is 1.30. The zero-order chi connectivity index (χ0) is 13.3. The first-order chi connectivity index (χ1) is 8.42. The van der Waals surface area contributed by atoms with Gasteiger partial charge in [0.15, 0.2) is 5.17 Å². The third-order valence-electron chi connectivity index (χ3n) is 2.06. The van der Waals surface area contributed by atoms with Crippen molar-refractivity contribution in [1.29, 1.82) is 0 Å². The van der Waals surface area contributed by atoms with Gasteiger partial charge in [-0.15, -0.1) is 4.40 Å². The Hall–Kier alpha value is -1.25. The third-order valence-corrected chi connectivity index (χ3v) is 4.52. The summed E-state index contributed by atoms with van der Waals surface area (Å²) in [6, 6.07) is 4.30. The molecule has 0 saturated carbocycles. The molecule has 0 radical (unpaired) electrons. The molecule has 1 aromatic carbocycles. The molecule has 0 aromatic heterocycles. The number of benzene rings is 1. The number of fused-ring (bicyclic) bond motifs is 1. The van der Waals surface area contributed by atoms with Crippen molar-refractivity contribution in [3.8, 4) is 0 Å². The summed E-state index contributed by atoms with van der Waals surface area (Å²) in [5.74, 6) is 0. The molecular formula is C9H8ClN3O3S2. The van der Waals surface area contributed by atoms with Crippen LogP contribution in [0.5, 0.6) is 0 Å². The van der Waals surface area contributed by atoms with Crippen LogP contribution < -0.4 is 10.6 Å². The van der Waals surface area contributed by atoms with E-state index in [4.69, 9.17) is 11.6 Å². The molecule has 6 nitrogen and oxygen atoms in total. The van der Waals surface area contributed by atoms with Crippen LogP contribution in [0.25, 0.3) is 0 Å². The van der Waals surface area contributed by atoms with Gasteiger partial charge in [-0.2, -0.15) is 8.42 Å². The van der Waals surface area contributed by atoms with Crippen LogP contribution in [0.15, 0.2) is 27.5 Å². The molecule has 1 aliphatic heterocycles. The van der Waals surface area contributed by atoms with E-state index in [1.165, 1.54) is 25.2 Å². The highest BCUT2D eigenvalue weighted by atomic mass is 35.5. The minimum atomic E-state index is -3.80. The number of rotatable bonds is 0. The molecule has 2 N–H and O–H groups in total. The van der Waals surface area contributed by atoms with Crippen molar-refractivity contribution in [2.24, 2.45) is 4.40 Å². The van der Waals surface area contributed by atoms with Gasteiger partial charge in [0.2, 0.25) is 0 Å². The second-order valence-electron chi connectivity index (χ2n) is 3.28. The number of hydrogen-bond donors (Lipinski definition) is 2. The van der Waals surface area contributed by atoms with Crippen LogP contribution in [0.2, 0.25) is 5.02 Å². The first kappa shape index (κ1) is 13.2. The highest BCUT2D eigenvalue weighted by molar-refractivity contribution is 8.26. The number of thioether (sulfide) groups is 1. The Bertz CT molecular complexity index is 642. The van der Waals surface area contributed by atoms with Gasteiger partial charge in [0.25, 0.3) is 15.3 Å².